The summed E-state index contributed by atoms with van der Waals surface area (Å²) in [6.45, 7) is 4.05. The Bertz CT molecular complexity index is 1060. The van der Waals surface area contributed by atoms with Gasteiger partial charge in [-0.2, -0.15) is 10.4 Å². The Balaban J connectivity index is 1.78. The molecule has 1 amide bonds. The highest BCUT2D eigenvalue weighted by atomic mass is 16.2. The second-order valence-corrected chi connectivity index (χ2v) is 7.11. The lowest BCUT2D eigenvalue weighted by molar-refractivity contribution is -0.120. The van der Waals surface area contributed by atoms with Crippen LogP contribution in [0.2, 0.25) is 0 Å². The molecule has 4 heteroatoms. The molecule has 0 aromatic heterocycles. The Hall–Kier alpha value is -3.71. The van der Waals surface area contributed by atoms with Gasteiger partial charge >= 0.3 is 0 Å². The number of rotatable bonds is 6. The van der Waals surface area contributed by atoms with Crippen molar-refractivity contribution in [3.63, 3.8) is 0 Å². The average Bonchev–Trinajstić information content (AvgIpc) is 2.73. The molecule has 0 aliphatic rings. The minimum Gasteiger partial charge on any atom is -0.273 e. The number of benzene rings is 3. The first-order valence-electron chi connectivity index (χ1n) is 9.50. The predicted octanol–water partition coefficient (Wildman–Crippen LogP) is 4.48. The summed E-state index contributed by atoms with van der Waals surface area (Å²) in [6, 6.07) is 25.5. The molecule has 3 aromatic carbocycles. The molecule has 0 spiro atoms. The number of hydrogen-bond acceptors (Lipinski definition) is 3. The molecule has 0 bridgehead atoms. The van der Waals surface area contributed by atoms with Gasteiger partial charge in [0.05, 0.1) is 23.8 Å². The largest absolute Gasteiger partial charge is 0.273 e. The summed E-state index contributed by atoms with van der Waals surface area (Å²) in [5.74, 6) is -0.154. The quantitative estimate of drug-likeness (QED) is 0.505. The van der Waals surface area contributed by atoms with E-state index in [-0.39, 0.29) is 12.3 Å². The number of carbonyl (C=O) groups excluding carboxylic acids is 1. The van der Waals surface area contributed by atoms with Crippen LogP contribution in [0.1, 0.15) is 33.4 Å². The summed E-state index contributed by atoms with van der Waals surface area (Å²) in [5.41, 5.74) is 9.33. The third-order valence-corrected chi connectivity index (χ3v) is 4.61. The monoisotopic (exact) mass is 381 g/mol. The molecule has 1 N–H and O–H groups in total. The molecule has 144 valence electrons. The number of aryl methyl sites for hydroxylation is 2. The van der Waals surface area contributed by atoms with E-state index in [0.717, 1.165) is 33.5 Å². The smallest absolute Gasteiger partial charge is 0.244 e. The standard InChI is InChI=1S/C25H23N3O/c1-18-6-8-21(9-7-18)16-25(29)28-27-24(23-5-3-4-19(2)14-23)15-20-10-12-22(17-26)13-11-20/h3-14H,15-16H2,1-2H3,(H,28,29)/b27-24+. The van der Waals surface area contributed by atoms with E-state index >= 15 is 0 Å². The predicted molar refractivity (Wildman–Crippen MR) is 116 cm³/mol. The van der Waals surface area contributed by atoms with E-state index in [1.807, 2.05) is 68.4 Å². The minimum absolute atomic E-state index is 0.154. The topological polar surface area (TPSA) is 65.2 Å². The van der Waals surface area contributed by atoms with Gasteiger partial charge in [0.1, 0.15) is 0 Å². The van der Waals surface area contributed by atoms with Gasteiger partial charge in [0.2, 0.25) is 5.91 Å². The molecule has 0 aliphatic heterocycles. The molecule has 0 atom stereocenters. The minimum atomic E-state index is -0.154. The van der Waals surface area contributed by atoms with Crippen LogP contribution in [0.3, 0.4) is 0 Å². The average molecular weight is 381 g/mol. The van der Waals surface area contributed by atoms with E-state index < -0.39 is 0 Å². The summed E-state index contributed by atoms with van der Waals surface area (Å²) in [7, 11) is 0. The first-order chi connectivity index (χ1) is 14.0. The second-order valence-electron chi connectivity index (χ2n) is 7.11. The molecular formula is C25H23N3O. The zero-order valence-corrected chi connectivity index (χ0v) is 16.6. The molecule has 4 nitrogen and oxygen atoms in total. The number of carbonyl (C=O) groups is 1. The van der Waals surface area contributed by atoms with Crippen LogP contribution >= 0.6 is 0 Å². The van der Waals surface area contributed by atoms with E-state index in [0.29, 0.717) is 12.0 Å². The molecule has 29 heavy (non-hydrogen) atoms. The van der Waals surface area contributed by atoms with Gasteiger partial charge in [-0.15, -0.1) is 0 Å². The molecule has 0 unspecified atom stereocenters. The Morgan fingerprint density at radius 3 is 2.21 bits per heavy atom. The van der Waals surface area contributed by atoms with E-state index in [4.69, 9.17) is 5.26 Å². The van der Waals surface area contributed by atoms with Crippen molar-refractivity contribution >= 4 is 11.6 Å². The number of amides is 1. The van der Waals surface area contributed by atoms with Crippen molar-refractivity contribution in [3.05, 3.63) is 106 Å². The molecule has 0 fully saturated rings. The van der Waals surface area contributed by atoms with Crippen LogP contribution in [0.25, 0.3) is 0 Å². The van der Waals surface area contributed by atoms with Crippen molar-refractivity contribution in [2.24, 2.45) is 5.10 Å². The number of hydrogen-bond donors (Lipinski definition) is 1. The van der Waals surface area contributed by atoms with Crippen molar-refractivity contribution in [3.8, 4) is 6.07 Å². The molecule has 0 heterocycles. The fourth-order valence-corrected chi connectivity index (χ4v) is 2.98. The highest BCUT2D eigenvalue weighted by Gasteiger charge is 2.08. The number of nitrogens with one attached hydrogen (secondary N) is 1. The fourth-order valence-electron chi connectivity index (χ4n) is 2.98. The lowest BCUT2D eigenvalue weighted by atomic mass is 10.00. The summed E-state index contributed by atoms with van der Waals surface area (Å²) in [5, 5.41) is 13.4. The highest BCUT2D eigenvalue weighted by Crippen LogP contribution is 2.12. The lowest BCUT2D eigenvalue weighted by Gasteiger charge is -2.09. The van der Waals surface area contributed by atoms with Crippen LogP contribution in [-0.2, 0) is 17.6 Å². The summed E-state index contributed by atoms with van der Waals surface area (Å²) in [6.07, 6.45) is 0.835. The summed E-state index contributed by atoms with van der Waals surface area (Å²) in [4.78, 5) is 12.4. The van der Waals surface area contributed by atoms with Gasteiger partial charge < -0.3 is 0 Å². The maximum Gasteiger partial charge on any atom is 0.244 e. The van der Waals surface area contributed by atoms with Crippen molar-refractivity contribution in [2.75, 3.05) is 0 Å². The van der Waals surface area contributed by atoms with Crippen LogP contribution in [-0.4, -0.2) is 11.6 Å². The van der Waals surface area contributed by atoms with E-state index in [9.17, 15) is 4.79 Å². The van der Waals surface area contributed by atoms with Crippen LogP contribution in [0.15, 0.2) is 77.9 Å². The molecule has 3 aromatic rings. The van der Waals surface area contributed by atoms with Gasteiger partial charge in [-0.05, 0) is 42.7 Å². The molecule has 0 aliphatic carbocycles. The Morgan fingerprint density at radius 1 is 0.897 bits per heavy atom. The Labute approximate surface area is 171 Å². The SMILES string of the molecule is Cc1ccc(CC(=O)N/N=C(\Cc2ccc(C#N)cc2)c2cccc(C)c2)cc1. The van der Waals surface area contributed by atoms with Crippen molar-refractivity contribution in [1.82, 2.24) is 5.43 Å². The molecular weight excluding hydrogens is 358 g/mol. The number of nitriles is 1. The first kappa shape index (κ1) is 20.0. The van der Waals surface area contributed by atoms with Crippen molar-refractivity contribution in [1.29, 1.82) is 5.26 Å². The third kappa shape index (κ3) is 5.88. The summed E-state index contributed by atoms with van der Waals surface area (Å²) < 4.78 is 0. The van der Waals surface area contributed by atoms with Gasteiger partial charge in [-0.25, -0.2) is 5.43 Å². The van der Waals surface area contributed by atoms with E-state index in [1.165, 1.54) is 0 Å². The van der Waals surface area contributed by atoms with Crippen LogP contribution in [0, 0.1) is 25.2 Å². The Morgan fingerprint density at radius 2 is 1.55 bits per heavy atom. The third-order valence-electron chi connectivity index (χ3n) is 4.61. The van der Waals surface area contributed by atoms with Crippen LogP contribution in [0.5, 0.6) is 0 Å². The van der Waals surface area contributed by atoms with Gasteiger partial charge in [0, 0.05) is 6.42 Å². The first-order valence-corrected chi connectivity index (χ1v) is 9.50. The van der Waals surface area contributed by atoms with E-state index in [2.05, 4.69) is 22.7 Å². The lowest BCUT2D eigenvalue weighted by Crippen LogP contribution is -2.22. The Kier molecular flexibility index (Phi) is 6.55. The van der Waals surface area contributed by atoms with Gasteiger partial charge in [-0.3, -0.25) is 4.79 Å². The number of hydrazone groups is 1. The molecule has 3 rings (SSSR count). The molecule has 0 saturated heterocycles. The normalized spacial score (nSPS) is 11.0. The maximum atomic E-state index is 12.4. The van der Waals surface area contributed by atoms with Gasteiger partial charge in [0.25, 0.3) is 0 Å². The van der Waals surface area contributed by atoms with E-state index in [1.54, 1.807) is 12.1 Å². The van der Waals surface area contributed by atoms with Crippen LogP contribution in [0.4, 0.5) is 0 Å². The number of nitrogens with zero attached hydrogens (tertiary/aromatic N) is 2. The second kappa shape index (κ2) is 9.48. The molecule has 0 radical (unpaired) electrons. The maximum absolute atomic E-state index is 12.4. The zero-order chi connectivity index (χ0) is 20.6. The summed E-state index contributed by atoms with van der Waals surface area (Å²) >= 11 is 0. The fraction of sp³-hybridized carbons (Fsp3) is 0.160. The van der Waals surface area contributed by atoms with Crippen molar-refractivity contribution < 1.29 is 4.79 Å². The van der Waals surface area contributed by atoms with Gasteiger partial charge in [-0.1, -0.05) is 71.8 Å². The van der Waals surface area contributed by atoms with Gasteiger partial charge in [0.15, 0.2) is 0 Å². The van der Waals surface area contributed by atoms with Crippen molar-refractivity contribution in [2.45, 2.75) is 26.7 Å². The molecule has 0 saturated carbocycles. The zero-order valence-electron chi connectivity index (χ0n) is 16.6. The van der Waals surface area contributed by atoms with Crippen LogP contribution < -0.4 is 5.43 Å². The highest BCUT2D eigenvalue weighted by molar-refractivity contribution is 6.02.